The smallest absolute Gasteiger partial charge is 0.0738 e. The Morgan fingerprint density at radius 3 is 2.79 bits per heavy atom. The molecule has 1 atom stereocenters. The topological polar surface area (TPSA) is 38.1 Å². The number of halogens is 1. The maximum absolute atomic E-state index is 9.63. The minimum Gasteiger partial charge on any atom is -0.392 e. The van der Waals surface area contributed by atoms with E-state index in [0.29, 0.717) is 12.8 Å². The first kappa shape index (κ1) is 11.5. The van der Waals surface area contributed by atoms with Gasteiger partial charge in [-0.3, -0.25) is 4.68 Å². The molecular weight excluding hydrogens is 244 g/mol. The fraction of sp³-hybridized carbons (Fsp3) is 0.500. The Bertz CT molecular complexity index is 333. The van der Waals surface area contributed by atoms with Gasteiger partial charge in [0.25, 0.3) is 0 Å². The Balaban J connectivity index is 2.80. The number of aromatic nitrogens is 2. The first-order valence-electron chi connectivity index (χ1n) is 4.53. The van der Waals surface area contributed by atoms with Crippen LogP contribution >= 0.6 is 15.9 Å². The van der Waals surface area contributed by atoms with E-state index in [-0.39, 0.29) is 6.10 Å². The van der Waals surface area contributed by atoms with Crippen LogP contribution in [0.5, 0.6) is 0 Å². The lowest BCUT2D eigenvalue weighted by molar-refractivity contribution is 0.175. The summed E-state index contributed by atoms with van der Waals surface area (Å²) in [5.74, 6) is 0. The van der Waals surface area contributed by atoms with Crippen molar-refractivity contribution in [1.29, 1.82) is 0 Å². The Labute approximate surface area is 92.6 Å². The van der Waals surface area contributed by atoms with Gasteiger partial charge in [0.05, 0.1) is 22.0 Å². The van der Waals surface area contributed by atoms with Gasteiger partial charge in [-0.1, -0.05) is 6.08 Å². The van der Waals surface area contributed by atoms with Crippen LogP contribution in [0.4, 0.5) is 0 Å². The molecule has 0 fully saturated rings. The van der Waals surface area contributed by atoms with E-state index in [2.05, 4.69) is 27.6 Å². The van der Waals surface area contributed by atoms with Gasteiger partial charge in [0.15, 0.2) is 0 Å². The SMILES string of the molecule is C=CCC(O)Cc1c(Br)c(C)nn1C. The summed E-state index contributed by atoms with van der Waals surface area (Å²) < 4.78 is 2.79. The summed E-state index contributed by atoms with van der Waals surface area (Å²) in [6, 6.07) is 0. The molecule has 14 heavy (non-hydrogen) atoms. The summed E-state index contributed by atoms with van der Waals surface area (Å²) in [6.07, 6.45) is 2.56. The van der Waals surface area contributed by atoms with Gasteiger partial charge < -0.3 is 5.11 Å². The highest BCUT2D eigenvalue weighted by atomic mass is 79.9. The molecule has 0 saturated heterocycles. The number of rotatable bonds is 4. The Hall–Kier alpha value is -0.610. The minimum absolute atomic E-state index is 0.376. The molecule has 1 unspecified atom stereocenters. The van der Waals surface area contributed by atoms with Crippen LogP contribution < -0.4 is 0 Å². The van der Waals surface area contributed by atoms with Crippen LogP contribution in [0.25, 0.3) is 0 Å². The second-order valence-corrected chi connectivity index (χ2v) is 4.15. The molecule has 0 aliphatic heterocycles. The second kappa shape index (κ2) is 4.75. The molecule has 1 rings (SSSR count). The zero-order valence-corrected chi connectivity index (χ0v) is 10.1. The lowest BCUT2D eigenvalue weighted by Gasteiger charge is -2.08. The molecule has 0 radical (unpaired) electrons. The van der Waals surface area contributed by atoms with Gasteiger partial charge in [0.1, 0.15) is 0 Å². The number of aliphatic hydroxyl groups is 1. The third-order valence-electron chi connectivity index (χ3n) is 2.13. The van der Waals surface area contributed by atoms with Crippen LogP contribution in [0.3, 0.4) is 0 Å². The lowest BCUT2D eigenvalue weighted by Crippen LogP contribution is -2.12. The molecule has 3 nitrogen and oxygen atoms in total. The number of hydrogen-bond donors (Lipinski definition) is 1. The molecule has 1 N–H and O–H groups in total. The molecule has 4 heteroatoms. The zero-order chi connectivity index (χ0) is 10.7. The molecule has 0 aliphatic carbocycles. The molecule has 1 aromatic heterocycles. The van der Waals surface area contributed by atoms with Crippen molar-refractivity contribution in [1.82, 2.24) is 9.78 Å². The molecule has 0 spiro atoms. The van der Waals surface area contributed by atoms with Crippen molar-refractivity contribution in [2.45, 2.75) is 25.9 Å². The second-order valence-electron chi connectivity index (χ2n) is 3.35. The van der Waals surface area contributed by atoms with E-state index in [1.165, 1.54) is 0 Å². The van der Waals surface area contributed by atoms with E-state index >= 15 is 0 Å². The molecule has 0 aromatic carbocycles. The van der Waals surface area contributed by atoms with Crippen LogP contribution in [-0.4, -0.2) is 21.0 Å². The van der Waals surface area contributed by atoms with E-state index < -0.39 is 0 Å². The number of aliphatic hydroxyl groups excluding tert-OH is 1. The van der Waals surface area contributed by atoms with Crippen molar-refractivity contribution in [2.24, 2.45) is 7.05 Å². The first-order valence-corrected chi connectivity index (χ1v) is 5.32. The Morgan fingerprint density at radius 1 is 1.71 bits per heavy atom. The molecule has 0 aliphatic rings. The maximum atomic E-state index is 9.63. The highest BCUT2D eigenvalue weighted by Gasteiger charge is 2.13. The Morgan fingerprint density at radius 2 is 2.36 bits per heavy atom. The molecule has 0 amide bonds. The summed E-state index contributed by atoms with van der Waals surface area (Å²) >= 11 is 3.46. The van der Waals surface area contributed by atoms with E-state index in [9.17, 15) is 5.11 Å². The third-order valence-corrected chi connectivity index (χ3v) is 3.16. The van der Waals surface area contributed by atoms with Crippen molar-refractivity contribution in [3.05, 3.63) is 28.5 Å². The van der Waals surface area contributed by atoms with Gasteiger partial charge in [0, 0.05) is 13.5 Å². The molecule has 0 saturated carbocycles. The van der Waals surface area contributed by atoms with Crippen molar-refractivity contribution >= 4 is 15.9 Å². The van der Waals surface area contributed by atoms with E-state index in [0.717, 1.165) is 15.9 Å². The highest BCUT2D eigenvalue weighted by molar-refractivity contribution is 9.10. The van der Waals surface area contributed by atoms with Crippen molar-refractivity contribution in [2.75, 3.05) is 0 Å². The zero-order valence-electron chi connectivity index (χ0n) is 8.50. The van der Waals surface area contributed by atoms with Gasteiger partial charge in [-0.2, -0.15) is 5.10 Å². The summed E-state index contributed by atoms with van der Waals surface area (Å²) in [5.41, 5.74) is 1.98. The van der Waals surface area contributed by atoms with Gasteiger partial charge in [-0.25, -0.2) is 0 Å². The molecule has 1 heterocycles. The van der Waals surface area contributed by atoms with Gasteiger partial charge in [-0.05, 0) is 29.3 Å². The first-order chi connectivity index (χ1) is 6.56. The van der Waals surface area contributed by atoms with Crippen LogP contribution in [0.15, 0.2) is 17.1 Å². The molecule has 0 bridgehead atoms. The Kier molecular flexibility index (Phi) is 3.89. The summed E-state index contributed by atoms with van der Waals surface area (Å²) in [4.78, 5) is 0. The van der Waals surface area contributed by atoms with Crippen molar-refractivity contribution in [3.8, 4) is 0 Å². The van der Waals surface area contributed by atoms with Crippen molar-refractivity contribution < 1.29 is 5.11 Å². The number of aryl methyl sites for hydroxylation is 2. The van der Waals surface area contributed by atoms with E-state index in [1.807, 2.05) is 14.0 Å². The summed E-state index contributed by atoms with van der Waals surface area (Å²) in [5, 5.41) is 13.9. The predicted molar refractivity (Wildman–Crippen MR) is 60.2 cm³/mol. The number of hydrogen-bond acceptors (Lipinski definition) is 2. The third kappa shape index (κ3) is 2.45. The normalized spacial score (nSPS) is 12.9. The fourth-order valence-electron chi connectivity index (χ4n) is 1.40. The van der Waals surface area contributed by atoms with E-state index in [4.69, 9.17) is 0 Å². The van der Waals surface area contributed by atoms with Crippen molar-refractivity contribution in [3.63, 3.8) is 0 Å². The molecular formula is C10H15BrN2O. The summed E-state index contributed by atoms with van der Waals surface area (Å²) in [6.45, 7) is 5.54. The predicted octanol–water partition coefficient (Wildman–Crippen LogP) is 1.97. The standard InChI is InChI=1S/C10H15BrN2O/c1-4-5-8(14)6-9-10(11)7(2)12-13(9)3/h4,8,14H,1,5-6H2,2-3H3. The lowest BCUT2D eigenvalue weighted by atomic mass is 10.1. The van der Waals surface area contributed by atoms with E-state index in [1.54, 1.807) is 10.8 Å². The average molecular weight is 259 g/mol. The van der Waals surface area contributed by atoms with Crippen LogP contribution in [0.1, 0.15) is 17.8 Å². The minimum atomic E-state index is -0.376. The van der Waals surface area contributed by atoms with Gasteiger partial charge >= 0.3 is 0 Å². The molecule has 1 aromatic rings. The van der Waals surface area contributed by atoms with Crippen LogP contribution in [-0.2, 0) is 13.5 Å². The highest BCUT2D eigenvalue weighted by Crippen LogP contribution is 2.21. The van der Waals surface area contributed by atoms with Gasteiger partial charge in [0.2, 0.25) is 0 Å². The van der Waals surface area contributed by atoms with Gasteiger partial charge in [-0.15, -0.1) is 6.58 Å². The fourth-order valence-corrected chi connectivity index (χ4v) is 1.90. The molecule has 78 valence electrons. The number of nitrogens with zero attached hydrogens (tertiary/aromatic N) is 2. The quantitative estimate of drug-likeness (QED) is 0.839. The van der Waals surface area contributed by atoms with Crippen LogP contribution in [0, 0.1) is 6.92 Å². The largest absolute Gasteiger partial charge is 0.392 e. The maximum Gasteiger partial charge on any atom is 0.0738 e. The van der Waals surface area contributed by atoms with Crippen LogP contribution in [0.2, 0.25) is 0 Å². The monoisotopic (exact) mass is 258 g/mol. The summed E-state index contributed by atoms with van der Waals surface area (Å²) in [7, 11) is 1.88. The average Bonchev–Trinajstić information content (AvgIpc) is 2.33.